The van der Waals surface area contributed by atoms with E-state index in [0.717, 1.165) is 6.54 Å². The summed E-state index contributed by atoms with van der Waals surface area (Å²) in [6.45, 7) is 5.92. The predicted molar refractivity (Wildman–Crippen MR) is 92.1 cm³/mol. The molecule has 6 heteroatoms. The van der Waals surface area contributed by atoms with Gasteiger partial charge in [0.05, 0.1) is 20.3 Å². The molecule has 0 aliphatic heterocycles. The van der Waals surface area contributed by atoms with Crippen LogP contribution in [0, 0.1) is 5.92 Å². The minimum atomic E-state index is -0.267. The molecule has 1 amide bonds. The molecule has 6 nitrogen and oxygen atoms in total. The third kappa shape index (κ3) is 7.65. The molecule has 0 fully saturated rings. The summed E-state index contributed by atoms with van der Waals surface area (Å²) >= 11 is 0. The number of aliphatic imine (C=N–C) groups is 1. The highest BCUT2D eigenvalue weighted by molar-refractivity contribution is 6.04. The maximum absolute atomic E-state index is 12.3. The van der Waals surface area contributed by atoms with Crippen molar-refractivity contribution in [3.05, 3.63) is 29.8 Å². The summed E-state index contributed by atoms with van der Waals surface area (Å²) in [6, 6.07) is 7.21. The smallest absolute Gasteiger partial charge is 0.291 e. The van der Waals surface area contributed by atoms with E-state index in [4.69, 9.17) is 9.47 Å². The van der Waals surface area contributed by atoms with E-state index in [1.54, 1.807) is 31.4 Å². The van der Waals surface area contributed by atoms with Gasteiger partial charge in [-0.25, -0.2) is 4.99 Å². The number of benzene rings is 1. The molecular weight excluding hydrogens is 294 g/mol. The normalized spacial score (nSPS) is 11.7. The second-order valence-corrected chi connectivity index (χ2v) is 5.88. The van der Waals surface area contributed by atoms with Crippen molar-refractivity contribution in [3.8, 4) is 5.75 Å². The third-order valence-corrected chi connectivity index (χ3v) is 2.91. The molecule has 1 aromatic carbocycles. The molecule has 1 N–H and O–H groups in total. The lowest BCUT2D eigenvalue weighted by Crippen LogP contribution is -2.34. The maximum Gasteiger partial charge on any atom is 0.291 e. The Kier molecular flexibility index (Phi) is 8.11. The van der Waals surface area contributed by atoms with Crippen LogP contribution in [0.2, 0.25) is 0 Å². The largest absolute Gasteiger partial charge is 0.497 e. The van der Waals surface area contributed by atoms with Gasteiger partial charge >= 0.3 is 0 Å². The van der Waals surface area contributed by atoms with Crippen molar-refractivity contribution in [1.29, 1.82) is 0 Å². The fourth-order valence-electron chi connectivity index (χ4n) is 1.65. The number of hydrogen-bond acceptors (Lipinski definition) is 5. The van der Waals surface area contributed by atoms with Gasteiger partial charge in [-0.3, -0.25) is 10.1 Å². The second-order valence-electron chi connectivity index (χ2n) is 5.88. The van der Waals surface area contributed by atoms with Gasteiger partial charge in [-0.15, -0.1) is 0 Å². The Morgan fingerprint density at radius 1 is 1.35 bits per heavy atom. The van der Waals surface area contributed by atoms with Gasteiger partial charge in [0.2, 0.25) is 0 Å². The van der Waals surface area contributed by atoms with Gasteiger partial charge in [0, 0.05) is 12.1 Å². The zero-order valence-corrected chi connectivity index (χ0v) is 14.6. The van der Waals surface area contributed by atoms with Crippen LogP contribution in [0.15, 0.2) is 29.3 Å². The van der Waals surface area contributed by atoms with E-state index in [1.165, 1.54) is 0 Å². The van der Waals surface area contributed by atoms with Gasteiger partial charge in [-0.1, -0.05) is 19.9 Å². The first-order valence-electron chi connectivity index (χ1n) is 7.69. The molecule has 0 spiro atoms. The minimum absolute atomic E-state index is 0.258. The lowest BCUT2D eigenvalue weighted by atomic mass is 10.2. The number of rotatable bonds is 7. The van der Waals surface area contributed by atoms with Crippen molar-refractivity contribution in [2.24, 2.45) is 10.9 Å². The molecule has 0 aliphatic carbocycles. The molecule has 0 saturated heterocycles. The Hall–Kier alpha value is -2.08. The number of nitrogens with one attached hydrogen (secondary N) is 1. The Bertz CT molecular complexity index is 528. The summed E-state index contributed by atoms with van der Waals surface area (Å²) in [5, 5.41) is 2.73. The molecule has 23 heavy (non-hydrogen) atoms. The molecule has 0 aliphatic rings. The molecule has 0 radical (unpaired) electrons. The number of likely N-dealkylation sites (N-methyl/N-ethyl adjacent to an activating group) is 1. The van der Waals surface area contributed by atoms with Crippen LogP contribution in [0.5, 0.6) is 5.75 Å². The van der Waals surface area contributed by atoms with E-state index < -0.39 is 0 Å². The Balaban J connectivity index is 2.75. The Morgan fingerprint density at radius 2 is 2.09 bits per heavy atom. The van der Waals surface area contributed by atoms with Crippen molar-refractivity contribution in [3.63, 3.8) is 0 Å². The van der Waals surface area contributed by atoms with Crippen LogP contribution < -0.4 is 10.1 Å². The molecule has 0 heterocycles. The van der Waals surface area contributed by atoms with Crippen molar-refractivity contribution >= 4 is 11.9 Å². The third-order valence-electron chi connectivity index (χ3n) is 2.91. The summed E-state index contributed by atoms with van der Waals surface area (Å²) in [4.78, 5) is 18.7. The average Bonchev–Trinajstić information content (AvgIpc) is 2.51. The predicted octanol–water partition coefficient (Wildman–Crippen LogP) is 2.02. The molecule has 1 aromatic rings. The van der Waals surface area contributed by atoms with E-state index in [-0.39, 0.29) is 11.9 Å². The highest BCUT2D eigenvalue weighted by Crippen LogP contribution is 2.12. The average molecular weight is 321 g/mol. The standard InChI is InChI=1S/C17H27N3O3/c1-13(2)12-23-17(18-9-10-20(3)4)19-16(21)14-7-6-8-15(11-14)22-5/h6-8,11,13H,9-10,12H2,1-5H3,(H,18,19,21). The summed E-state index contributed by atoms with van der Waals surface area (Å²) in [5.74, 6) is 0.714. The number of methoxy groups -OCH3 is 1. The zero-order valence-electron chi connectivity index (χ0n) is 14.6. The fourth-order valence-corrected chi connectivity index (χ4v) is 1.65. The topological polar surface area (TPSA) is 63.2 Å². The van der Waals surface area contributed by atoms with Crippen molar-refractivity contribution in [1.82, 2.24) is 10.2 Å². The van der Waals surface area contributed by atoms with Gasteiger partial charge in [0.15, 0.2) is 0 Å². The van der Waals surface area contributed by atoms with Crippen LogP contribution in [0.3, 0.4) is 0 Å². The first kappa shape index (κ1) is 19.0. The molecular formula is C17H27N3O3. The van der Waals surface area contributed by atoms with Crippen LogP contribution in [-0.2, 0) is 4.74 Å². The van der Waals surface area contributed by atoms with Crippen LogP contribution in [0.1, 0.15) is 24.2 Å². The molecule has 0 atom stereocenters. The number of nitrogens with zero attached hydrogens (tertiary/aromatic N) is 2. The summed E-state index contributed by atoms with van der Waals surface area (Å²) in [5.41, 5.74) is 0.498. The van der Waals surface area contributed by atoms with Crippen LogP contribution in [0.4, 0.5) is 0 Å². The SMILES string of the molecule is COc1cccc(C(=O)NC(=NCCN(C)C)OCC(C)C)c1. The maximum atomic E-state index is 12.3. The molecule has 128 valence electrons. The van der Waals surface area contributed by atoms with Gasteiger partial charge in [-0.2, -0.15) is 0 Å². The molecule has 0 unspecified atom stereocenters. The number of carbonyl (C=O) groups excluding carboxylic acids is 1. The summed E-state index contributed by atoms with van der Waals surface area (Å²) in [7, 11) is 5.51. The number of amidine groups is 1. The lowest BCUT2D eigenvalue weighted by molar-refractivity contribution is 0.0963. The van der Waals surface area contributed by atoms with Crippen LogP contribution >= 0.6 is 0 Å². The van der Waals surface area contributed by atoms with Crippen molar-refractivity contribution in [2.45, 2.75) is 13.8 Å². The minimum Gasteiger partial charge on any atom is -0.497 e. The van der Waals surface area contributed by atoms with Gasteiger partial charge < -0.3 is 14.4 Å². The molecule has 0 aromatic heterocycles. The molecule has 0 saturated carbocycles. The van der Waals surface area contributed by atoms with E-state index in [1.807, 2.05) is 32.8 Å². The first-order valence-corrected chi connectivity index (χ1v) is 7.69. The van der Waals surface area contributed by atoms with E-state index in [2.05, 4.69) is 10.3 Å². The summed E-state index contributed by atoms with van der Waals surface area (Å²) < 4.78 is 10.7. The van der Waals surface area contributed by atoms with E-state index >= 15 is 0 Å². The zero-order chi connectivity index (χ0) is 17.2. The second kappa shape index (κ2) is 9.84. The van der Waals surface area contributed by atoms with E-state index in [0.29, 0.717) is 30.4 Å². The van der Waals surface area contributed by atoms with E-state index in [9.17, 15) is 4.79 Å². The van der Waals surface area contributed by atoms with Gasteiger partial charge in [-0.05, 0) is 38.2 Å². The highest BCUT2D eigenvalue weighted by atomic mass is 16.5. The molecule has 1 rings (SSSR count). The van der Waals surface area contributed by atoms with Crippen molar-refractivity contribution < 1.29 is 14.3 Å². The number of amides is 1. The monoisotopic (exact) mass is 321 g/mol. The van der Waals surface area contributed by atoms with Crippen LogP contribution in [0.25, 0.3) is 0 Å². The number of carbonyl (C=O) groups is 1. The lowest BCUT2D eigenvalue weighted by Gasteiger charge is -2.13. The Labute approximate surface area is 138 Å². The fraction of sp³-hybridized carbons (Fsp3) is 0.529. The van der Waals surface area contributed by atoms with Crippen LogP contribution in [-0.4, -0.2) is 57.7 Å². The quantitative estimate of drug-likeness (QED) is 0.616. The van der Waals surface area contributed by atoms with Crippen molar-refractivity contribution in [2.75, 3.05) is 40.9 Å². The van der Waals surface area contributed by atoms with Gasteiger partial charge in [0.25, 0.3) is 11.9 Å². The highest BCUT2D eigenvalue weighted by Gasteiger charge is 2.11. The Morgan fingerprint density at radius 3 is 2.70 bits per heavy atom. The summed E-state index contributed by atoms with van der Waals surface area (Å²) in [6.07, 6.45) is 0. The molecule has 0 bridgehead atoms. The number of hydrogen-bond donors (Lipinski definition) is 1. The first-order chi connectivity index (χ1) is 10.9. The number of ether oxygens (including phenoxy) is 2. The van der Waals surface area contributed by atoms with Gasteiger partial charge in [0.1, 0.15) is 5.75 Å².